The third-order valence-electron chi connectivity index (χ3n) is 3.74. The highest BCUT2D eigenvalue weighted by atomic mass is 16.4. The molecular weight excluding hydrogens is 244 g/mol. The van der Waals surface area contributed by atoms with Crippen LogP contribution in [0.25, 0.3) is 0 Å². The van der Waals surface area contributed by atoms with Crippen molar-refractivity contribution in [1.29, 1.82) is 0 Å². The molecule has 5 heteroatoms. The molecule has 110 valence electrons. The second-order valence-corrected chi connectivity index (χ2v) is 5.63. The first-order chi connectivity index (χ1) is 8.93. The van der Waals surface area contributed by atoms with E-state index in [0.717, 1.165) is 12.8 Å². The van der Waals surface area contributed by atoms with Crippen LogP contribution in [0.4, 0.5) is 0 Å². The third kappa shape index (κ3) is 4.82. The zero-order valence-electron chi connectivity index (χ0n) is 12.2. The minimum Gasteiger partial charge on any atom is -0.480 e. The van der Waals surface area contributed by atoms with Crippen LogP contribution in [-0.4, -0.2) is 46.6 Å². The van der Waals surface area contributed by atoms with Crippen LogP contribution >= 0.6 is 0 Å². The predicted molar refractivity (Wildman–Crippen MR) is 74.0 cm³/mol. The van der Waals surface area contributed by atoms with E-state index in [9.17, 15) is 9.59 Å². The summed E-state index contributed by atoms with van der Waals surface area (Å²) in [4.78, 5) is 24.9. The largest absolute Gasteiger partial charge is 0.480 e. The number of hydrogen-bond donors (Lipinski definition) is 2. The van der Waals surface area contributed by atoms with Gasteiger partial charge < -0.3 is 10.0 Å². The molecule has 0 heterocycles. The molecule has 1 rings (SSSR count). The van der Waals surface area contributed by atoms with Gasteiger partial charge in [-0.15, -0.1) is 0 Å². The molecule has 0 aromatic carbocycles. The van der Waals surface area contributed by atoms with Crippen molar-refractivity contribution >= 4 is 11.9 Å². The summed E-state index contributed by atoms with van der Waals surface area (Å²) in [6.07, 6.45) is 5.75. The molecule has 0 unspecified atom stereocenters. The van der Waals surface area contributed by atoms with Crippen molar-refractivity contribution in [3.63, 3.8) is 0 Å². The maximum Gasteiger partial charge on any atom is 0.320 e. The first kappa shape index (κ1) is 16.0. The third-order valence-corrected chi connectivity index (χ3v) is 3.74. The van der Waals surface area contributed by atoms with E-state index in [-0.39, 0.29) is 18.5 Å². The zero-order valence-corrected chi connectivity index (χ0v) is 12.2. The highest BCUT2D eigenvalue weighted by molar-refractivity contribution is 5.80. The van der Waals surface area contributed by atoms with Gasteiger partial charge in [0.1, 0.15) is 6.04 Å². The molecule has 1 atom stereocenters. The van der Waals surface area contributed by atoms with Crippen LogP contribution in [0.5, 0.6) is 0 Å². The van der Waals surface area contributed by atoms with Crippen LogP contribution in [0.3, 0.4) is 0 Å². The number of aliphatic carboxylic acids is 1. The van der Waals surface area contributed by atoms with Crippen molar-refractivity contribution in [2.45, 2.75) is 71.0 Å². The fourth-order valence-electron chi connectivity index (χ4n) is 2.69. The van der Waals surface area contributed by atoms with Crippen molar-refractivity contribution in [3.8, 4) is 0 Å². The van der Waals surface area contributed by atoms with Gasteiger partial charge in [0.25, 0.3) is 0 Å². The molecule has 5 nitrogen and oxygen atoms in total. The number of carbonyl (C=O) groups is 2. The van der Waals surface area contributed by atoms with E-state index in [1.165, 1.54) is 19.3 Å². The molecule has 2 N–H and O–H groups in total. The first-order valence-corrected chi connectivity index (χ1v) is 7.20. The Labute approximate surface area is 115 Å². The molecule has 0 aromatic heterocycles. The van der Waals surface area contributed by atoms with Gasteiger partial charge in [0.05, 0.1) is 6.54 Å². The molecule has 1 fully saturated rings. The number of amides is 1. The number of rotatable bonds is 6. The highest BCUT2D eigenvalue weighted by Crippen LogP contribution is 2.24. The summed E-state index contributed by atoms with van der Waals surface area (Å²) in [5.41, 5.74) is 0. The predicted octanol–water partition coefficient (Wildman–Crippen LogP) is 1.62. The summed E-state index contributed by atoms with van der Waals surface area (Å²) < 4.78 is 0. The number of carbonyl (C=O) groups excluding carboxylic acids is 1. The summed E-state index contributed by atoms with van der Waals surface area (Å²) in [7, 11) is 0. The molecule has 0 aromatic rings. The smallest absolute Gasteiger partial charge is 0.320 e. The van der Waals surface area contributed by atoms with E-state index in [0.29, 0.717) is 6.04 Å². The van der Waals surface area contributed by atoms with Gasteiger partial charge in [-0.25, -0.2) is 0 Å². The van der Waals surface area contributed by atoms with Crippen molar-refractivity contribution in [3.05, 3.63) is 0 Å². The van der Waals surface area contributed by atoms with E-state index in [1.807, 2.05) is 18.7 Å². The fourth-order valence-corrected chi connectivity index (χ4v) is 2.69. The maximum atomic E-state index is 12.3. The molecule has 1 amide bonds. The van der Waals surface area contributed by atoms with Crippen LogP contribution in [0, 0.1) is 0 Å². The van der Waals surface area contributed by atoms with Crippen molar-refractivity contribution in [2.75, 3.05) is 6.54 Å². The molecular formula is C14H26N2O3. The Kier molecular flexibility index (Phi) is 6.28. The average molecular weight is 270 g/mol. The van der Waals surface area contributed by atoms with Crippen molar-refractivity contribution in [2.24, 2.45) is 0 Å². The number of nitrogens with one attached hydrogen (secondary N) is 1. The number of carboxylic acid groups (broad SMARTS) is 1. The zero-order chi connectivity index (χ0) is 14.4. The van der Waals surface area contributed by atoms with Crippen LogP contribution in [-0.2, 0) is 9.59 Å². The van der Waals surface area contributed by atoms with Gasteiger partial charge >= 0.3 is 5.97 Å². The van der Waals surface area contributed by atoms with Gasteiger partial charge in [0.2, 0.25) is 5.91 Å². The highest BCUT2D eigenvalue weighted by Gasteiger charge is 2.27. The normalized spacial score (nSPS) is 18.3. The SMILES string of the molecule is CC(C)N(C(=O)CN[C@@H](C)C(=O)O)C1CCCCC1. The van der Waals surface area contributed by atoms with Crippen LogP contribution in [0.15, 0.2) is 0 Å². The lowest BCUT2D eigenvalue weighted by Gasteiger charge is -2.37. The van der Waals surface area contributed by atoms with Crippen molar-refractivity contribution in [1.82, 2.24) is 10.2 Å². The van der Waals surface area contributed by atoms with Gasteiger partial charge in [0, 0.05) is 12.1 Å². The standard InChI is InChI=1S/C14H26N2O3/c1-10(2)16(12-7-5-4-6-8-12)13(17)9-15-11(3)14(18)19/h10-12,15H,4-9H2,1-3H3,(H,18,19)/t11-/m0/s1. The molecule has 0 aliphatic heterocycles. The van der Waals surface area contributed by atoms with Gasteiger partial charge in [0.15, 0.2) is 0 Å². The van der Waals surface area contributed by atoms with Crippen LogP contribution < -0.4 is 5.32 Å². The van der Waals surface area contributed by atoms with E-state index in [2.05, 4.69) is 5.32 Å². The molecule has 0 radical (unpaired) electrons. The molecule has 0 saturated heterocycles. The van der Waals surface area contributed by atoms with E-state index in [4.69, 9.17) is 5.11 Å². The molecule has 1 aliphatic rings. The summed E-state index contributed by atoms with van der Waals surface area (Å²) >= 11 is 0. The quantitative estimate of drug-likeness (QED) is 0.769. The van der Waals surface area contributed by atoms with E-state index < -0.39 is 12.0 Å². The Hall–Kier alpha value is -1.10. The Morgan fingerprint density at radius 2 is 1.79 bits per heavy atom. The minimum absolute atomic E-state index is 0.00926. The average Bonchev–Trinajstić information content (AvgIpc) is 2.36. The second-order valence-electron chi connectivity index (χ2n) is 5.63. The van der Waals surface area contributed by atoms with Gasteiger partial charge in [-0.2, -0.15) is 0 Å². The molecule has 0 spiro atoms. The van der Waals surface area contributed by atoms with Crippen molar-refractivity contribution < 1.29 is 14.7 Å². The van der Waals surface area contributed by atoms with E-state index in [1.54, 1.807) is 6.92 Å². The van der Waals surface area contributed by atoms with Gasteiger partial charge in [-0.05, 0) is 33.6 Å². The Morgan fingerprint density at radius 3 is 2.26 bits per heavy atom. The second kappa shape index (κ2) is 7.48. The van der Waals surface area contributed by atoms with E-state index >= 15 is 0 Å². The van der Waals surface area contributed by atoms with Gasteiger partial charge in [-0.3, -0.25) is 14.9 Å². The number of carboxylic acids is 1. The number of nitrogens with zero attached hydrogens (tertiary/aromatic N) is 1. The molecule has 19 heavy (non-hydrogen) atoms. The summed E-state index contributed by atoms with van der Waals surface area (Å²) in [6, 6.07) is -0.204. The van der Waals surface area contributed by atoms with Gasteiger partial charge in [-0.1, -0.05) is 19.3 Å². The summed E-state index contributed by atoms with van der Waals surface area (Å²) in [5, 5.41) is 11.6. The minimum atomic E-state index is -0.929. The Morgan fingerprint density at radius 1 is 1.21 bits per heavy atom. The van der Waals surface area contributed by atoms with Crippen LogP contribution in [0.1, 0.15) is 52.9 Å². The fraction of sp³-hybridized carbons (Fsp3) is 0.857. The molecule has 0 bridgehead atoms. The topological polar surface area (TPSA) is 69.6 Å². The lowest BCUT2D eigenvalue weighted by atomic mass is 9.93. The lowest BCUT2D eigenvalue weighted by molar-refractivity contribution is -0.139. The summed E-state index contributed by atoms with van der Waals surface area (Å²) in [6.45, 7) is 5.69. The number of hydrogen-bond acceptors (Lipinski definition) is 3. The monoisotopic (exact) mass is 270 g/mol. The first-order valence-electron chi connectivity index (χ1n) is 7.20. The lowest BCUT2D eigenvalue weighted by Crippen LogP contribution is -2.50. The molecule has 1 aliphatic carbocycles. The Balaban J connectivity index is 2.55. The van der Waals surface area contributed by atoms with Crippen LogP contribution in [0.2, 0.25) is 0 Å². The summed E-state index contributed by atoms with van der Waals surface area (Å²) in [5.74, 6) is -0.920. The molecule has 1 saturated carbocycles. The Bertz CT molecular complexity index is 312. The maximum absolute atomic E-state index is 12.3.